The highest BCUT2D eigenvalue weighted by Crippen LogP contribution is 2.01. The number of hydrogen-bond donors (Lipinski definition) is 0. The first-order chi connectivity index (χ1) is 13.9. The molecule has 0 N–H and O–H groups in total. The molecule has 0 unspecified atom stereocenters. The average molecular weight is 374 g/mol. The highest BCUT2D eigenvalue weighted by Gasteiger charge is 1.96. The quantitative estimate of drug-likeness (QED) is 0.707. The van der Waals surface area contributed by atoms with Gasteiger partial charge in [-0.2, -0.15) is 0 Å². The number of pyridine rings is 2. The van der Waals surface area contributed by atoms with Gasteiger partial charge in [-0.05, 0) is 56.2 Å². The fraction of sp³-hybridized carbons (Fsp3) is 0.364. The smallest absolute Gasteiger partial charge is 0.0815 e. The SMILES string of the molecule is C1=NCCCC=NCc2cccc(n2)C=NCCCCN=Cc2cccc1n2. The lowest BCUT2D eigenvalue weighted by molar-refractivity contribution is 0.759. The number of aromatic nitrogens is 2. The Morgan fingerprint density at radius 1 is 0.571 bits per heavy atom. The Hall–Kier alpha value is -3.02. The summed E-state index contributed by atoms with van der Waals surface area (Å²) in [4.78, 5) is 27.0. The first kappa shape index (κ1) is 19.7. The van der Waals surface area contributed by atoms with Crippen LogP contribution in [0.15, 0.2) is 56.4 Å². The van der Waals surface area contributed by atoms with E-state index < -0.39 is 0 Å². The molecule has 0 aromatic carbocycles. The molecule has 3 rings (SSSR count). The summed E-state index contributed by atoms with van der Waals surface area (Å²) < 4.78 is 0. The summed E-state index contributed by atoms with van der Waals surface area (Å²) in [7, 11) is 0. The second kappa shape index (κ2) is 11.6. The van der Waals surface area contributed by atoms with E-state index >= 15 is 0 Å². The van der Waals surface area contributed by atoms with E-state index in [1.165, 1.54) is 0 Å². The normalized spacial score (nSPS) is 16.3. The minimum Gasteiger partial charge on any atom is -0.291 e. The molecule has 0 saturated carbocycles. The van der Waals surface area contributed by atoms with Gasteiger partial charge in [-0.1, -0.05) is 12.1 Å². The van der Waals surface area contributed by atoms with Gasteiger partial charge >= 0.3 is 0 Å². The van der Waals surface area contributed by atoms with Crippen molar-refractivity contribution in [3.63, 3.8) is 0 Å². The van der Waals surface area contributed by atoms with Gasteiger partial charge in [0.15, 0.2) is 0 Å². The molecule has 4 bridgehead atoms. The van der Waals surface area contributed by atoms with Gasteiger partial charge in [-0.25, -0.2) is 9.97 Å². The molecule has 2 aromatic heterocycles. The van der Waals surface area contributed by atoms with Crippen LogP contribution in [-0.2, 0) is 6.54 Å². The van der Waals surface area contributed by atoms with Crippen LogP contribution in [0.5, 0.6) is 0 Å². The van der Waals surface area contributed by atoms with Crippen LogP contribution in [0.4, 0.5) is 0 Å². The molecule has 6 nitrogen and oxygen atoms in total. The lowest BCUT2D eigenvalue weighted by Gasteiger charge is -1.99. The Morgan fingerprint density at radius 3 is 1.82 bits per heavy atom. The van der Waals surface area contributed by atoms with E-state index in [0.717, 1.165) is 68.1 Å². The van der Waals surface area contributed by atoms with Crippen molar-refractivity contribution in [2.24, 2.45) is 20.0 Å². The van der Waals surface area contributed by atoms with Crippen molar-refractivity contribution in [2.45, 2.75) is 32.2 Å². The van der Waals surface area contributed by atoms with Gasteiger partial charge in [0, 0.05) is 38.3 Å². The molecular formula is C22H26N6. The third-order valence-corrected chi connectivity index (χ3v) is 4.12. The number of nitrogens with zero attached hydrogens (tertiary/aromatic N) is 6. The number of fused-ring (bicyclic) bond motifs is 4. The molecule has 0 aliphatic carbocycles. The van der Waals surface area contributed by atoms with E-state index in [4.69, 9.17) is 0 Å². The fourth-order valence-electron chi connectivity index (χ4n) is 2.67. The van der Waals surface area contributed by atoms with E-state index in [9.17, 15) is 0 Å². The monoisotopic (exact) mass is 374 g/mol. The fourth-order valence-corrected chi connectivity index (χ4v) is 2.67. The van der Waals surface area contributed by atoms with Crippen LogP contribution < -0.4 is 0 Å². The highest BCUT2D eigenvalue weighted by atomic mass is 14.8. The van der Waals surface area contributed by atoms with Crippen molar-refractivity contribution in [1.82, 2.24) is 9.97 Å². The lowest BCUT2D eigenvalue weighted by Crippen LogP contribution is -1.96. The molecule has 3 heterocycles. The van der Waals surface area contributed by atoms with Crippen LogP contribution in [0.25, 0.3) is 0 Å². The summed E-state index contributed by atoms with van der Waals surface area (Å²) >= 11 is 0. The van der Waals surface area contributed by atoms with Crippen molar-refractivity contribution in [1.29, 1.82) is 0 Å². The molecule has 0 atom stereocenters. The summed E-state index contributed by atoms with van der Waals surface area (Å²) in [6.45, 7) is 2.92. The first-order valence-electron chi connectivity index (χ1n) is 9.81. The summed E-state index contributed by atoms with van der Waals surface area (Å²) in [5.41, 5.74) is 3.57. The van der Waals surface area contributed by atoms with Crippen molar-refractivity contribution in [3.05, 3.63) is 59.2 Å². The zero-order valence-corrected chi connectivity index (χ0v) is 16.1. The number of rotatable bonds is 0. The minimum atomic E-state index is 0.597. The van der Waals surface area contributed by atoms with E-state index in [1.54, 1.807) is 0 Å². The van der Waals surface area contributed by atoms with E-state index in [-0.39, 0.29) is 0 Å². The summed E-state index contributed by atoms with van der Waals surface area (Å²) in [6, 6.07) is 11.9. The highest BCUT2D eigenvalue weighted by molar-refractivity contribution is 5.81. The Kier molecular flexibility index (Phi) is 8.21. The number of hydrogen-bond acceptors (Lipinski definition) is 6. The van der Waals surface area contributed by atoms with Crippen LogP contribution >= 0.6 is 0 Å². The Bertz CT molecular complexity index is 854. The van der Waals surface area contributed by atoms with Gasteiger partial charge in [0.25, 0.3) is 0 Å². The van der Waals surface area contributed by atoms with Crippen LogP contribution in [0.2, 0.25) is 0 Å². The Morgan fingerprint density at radius 2 is 1.14 bits per heavy atom. The van der Waals surface area contributed by atoms with Crippen LogP contribution in [0.3, 0.4) is 0 Å². The second-order valence-corrected chi connectivity index (χ2v) is 6.52. The van der Waals surface area contributed by atoms with Gasteiger partial charge in [-0.15, -0.1) is 0 Å². The molecule has 144 valence electrons. The standard InChI is InChI=1S/C22H26N6/c1-2-12-24-16-20-8-6-10-22(28-20)18-26-14-4-3-13-25-17-21-9-5-7-19(27-21)15-23-11-1/h5-11,16-18H,1-4,12-15H2. The van der Waals surface area contributed by atoms with Crippen molar-refractivity contribution in [2.75, 3.05) is 19.6 Å². The van der Waals surface area contributed by atoms with E-state index in [2.05, 4.69) is 29.9 Å². The maximum atomic E-state index is 4.58. The molecular weight excluding hydrogens is 348 g/mol. The first-order valence-corrected chi connectivity index (χ1v) is 9.81. The zero-order chi connectivity index (χ0) is 19.3. The van der Waals surface area contributed by atoms with E-state index in [0.29, 0.717) is 6.54 Å². The van der Waals surface area contributed by atoms with Gasteiger partial charge in [0.05, 0.1) is 29.3 Å². The summed E-state index contributed by atoms with van der Waals surface area (Å²) in [6.07, 6.45) is 11.3. The van der Waals surface area contributed by atoms with Crippen LogP contribution in [-0.4, -0.2) is 54.5 Å². The largest absolute Gasteiger partial charge is 0.291 e. The molecule has 0 spiro atoms. The summed E-state index contributed by atoms with van der Waals surface area (Å²) in [5.74, 6) is 0. The Balaban J connectivity index is 1.64. The Labute approximate surface area is 166 Å². The third kappa shape index (κ3) is 7.31. The molecule has 0 amide bonds. The van der Waals surface area contributed by atoms with Crippen LogP contribution in [0.1, 0.15) is 48.5 Å². The average Bonchev–Trinajstić information content (AvgIpc) is 2.72. The maximum Gasteiger partial charge on any atom is 0.0815 e. The molecule has 0 radical (unpaired) electrons. The molecule has 6 heteroatoms. The van der Waals surface area contributed by atoms with Gasteiger partial charge in [-0.3, -0.25) is 20.0 Å². The van der Waals surface area contributed by atoms with Gasteiger partial charge < -0.3 is 0 Å². The summed E-state index contributed by atoms with van der Waals surface area (Å²) in [5, 5.41) is 0. The zero-order valence-electron chi connectivity index (χ0n) is 16.1. The molecule has 28 heavy (non-hydrogen) atoms. The molecule has 1 aliphatic heterocycles. The molecule has 2 aromatic rings. The lowest BCUT2D eigenvalue weighted by atomic mass is 10.3. The van der Waals surface area contributed by atoms with Crippen molar-refractivity contribution in [3.8, 4) is 0 Å². The topological polar surface area (TPSA) is 75.2 Å². The minimum absolute atomic E-state index is 0.597. The van der Waals surface area contributed by atoms with Gasteiger partial charge in [0.1, 0.15) is 0 Å². The maximum absolute atomic E-state index is 4.58. The third-order valence-electron chi connectivity index (χ3n) is 4.12. The second-order valence-electron chi connectivity index (χ2n) is 6.52. The molecule has 1 aliphatic rings. The predicted octanol–water partition coefficient (Wildman–Crippen LogP) is 3.58. The molecule has 0 fully saturated rings. The van der Waals surface area contributed by atoms with Crippen molar-refractivity contribution >= 4 is 24.9 Å². The van der Waals surface area contributed by atoms with Crippen LogP contribution in [0, 0.1) is 0 Å². The number of aliphatic imine (C=N–C) groups is 4. The van der Waals surface area contributed by atoms with Crippen molar-refractivity contribution < 1.29 is 0 Å². The van der Waals surface area contributed by atoms with E-state index in [1.807, 2.05) is 61.3 Å². The predicted molar refractivity (Wildman–Crippen MR) is 117 cm³/mol. The molecule has 0 saturated heterocycles. The van der Waals surface area contributed by atoms with Gasteiger partial charge in [0.2, 0.25) is 0 Å².